The van der Waals surface area contributed by atoms with Gasteiger partial charge < -0.3 is 19.7 Å². The zero-order chi connectivity index (χ0) is 23.1. The van der Waals surface area contributed by atoms with Crippen LogP contribution in [0.25, 0.3) is 0 Å². The molecule has 2 N–H and O–H groups in total. The summed E-state index contributed by atoms with van der Waals surface area (Å²) < 4.78 is 38.1. The van der Waals surface area contributed by atoms with Crippen LogP contribution in [-0.2, 0) is 24.3 Å². The highest BCUT2D eigenvalue weighted by Gasteiger charge is 2.29. The van der Waals surface area contributed by atoms with Crippen molar-refractivity contribution in [3.8, 4) is 0 Å². The Balaban J connectivity index is 1.86. The average molecular weight is 469 g/mol. The molecule has 3 rings (SSSR count). The zero-order valence-electron chi connectivity index (χ0n) is 18.0. The fourth-order valence-corrected chi connectivity index (χ4v) is 5.15. The van der Waals surface area contributed by atoms with Gasteiger partial charge in [0.15, 0.2) is 6.61 Å². The molecule has 0 atom stereocenters. The zero-order valence-corrected chi connectivity index (χ0v) is 18.8. The van der Waals surface area contributed by atoms with E-state index in [1.165, 1.54) is 23.5 Å². The minimum atomic E-state index is -3.77. The molecule has 0 saturated carbocycles. The van der Waals surface area contributed by atoms with Gasteiger partial charge in [0.1, 0.15) is 0 Å². The van der Waals surface area contributed by atoms with Crippen LogP contribution in [0.3, 0.4) is 0 Å². The second-order valence-electron chi connectivity index (χ2n) is 7.45. The van der Waals surface area contributed by atoms with E-state index in [0.717, 1.165) is 19.3 Å². The van der Waals surface area contributed by atoms with E-state index in [1.807, 2.05) is 10.2 Å². The quantitative estimate of drug-likeness (QED) is 0.570. The highest BCUT2D eigenvalue weighted by Crippen LogP contribution is 2.28. The van der Waals surface area contributed by atoms with Gasteiger partial charge in [0, 0.05) is 33.2 Å². The van der Waals surface area contributed by atoms with Gasteiger partial charge in [-0.2, -0.15) is 4.31 Å². The molecular weight excluding hydrogens is 440 g/mol. The van der Waals surface area contributed by atoms with Gasteiger partial charge in [-0.05, 0) is 31.0 Å². The van der Waals surface area contributed by atoms with Crippen molar-refractivity contribution in [1.82, 2.24) is 14.9 Å². The second kappa shape index (κ2) is 10.7. The Hall–Kier alpha value is -2.70. The van der Waals surface area contributed by atoms with Crippen LogP contribution in [0, 0.1) is 0 Å². The SMILES string of the molecule is CNC(=O)NC(=O)COC(=O)c1cc(S(=O)(=O)N2CCCCC2)ccc1N1CCOCC1. The number of sulfonamides is 1. The van der Waals surface area contributed by atoms with Crippen molar-refractivity contribution >= 4 is 33.6 Å². The highest BCUT2D eigenvalue weighted by atomic mass is 32.2. The number of amides is 3. The van der Waals surface area contributed by atoms with E-state index < -0.39 is 34.5 Å². The first-order valence-corrected chi connectivity index (χ1v) is 11.9. The van der Waals surface area contributed by atoms with Gasteiger partial charge in [-0.3, -0.25) is 10.1 Å². The number of anilines is 1. The van der Waals surface area contributed by atoms with Gasteiger partial charge in [0.25, 0.3) is 5.91 Å². The molecule has 2 saturated heterocycles. The molecule has 32 heavy (non-hydrogen) atoms. The van der Waals surface area contributed by atoms with E-state index in [4.69, 9.17) is 9.47 Å². The third kappa shape index (κ3) is 5.75. The fourth-order valence-electron chi connectivity index (χ4n) is 3.61. The smallest absolute Gasteiger partial charge is 0.340 e. The van der Waals surface area contributed by atoms with Crippen LogP contribution < -0.4 is 15.5 Å². The number of esters is 1. The number of benzene rings is 1. The summed E-state index contributed by atoms with van der Waals surface area (Å²) in [4.78, 5) is 37.8. The summed E-state index contributed by atoms with van der Waals surface area (Å²) in [6.07, 6.45) is 2.57. The summed E-state index contributed by atoms with van der Waals surface area (Å²) in [5.74, 6) is -1.66. The number of rotatable bonds is 6. The normalized spacial score (nSPS) is 17.5. The van der Waals surface area contributed by atoms with Crippen molar-refractivity contribution in [2.45, 2.75) is 24.2 Å². The van der Waals surface area contributed by atoms with Crippen LogP contribution in [0.4, 0.5) is 10.5 Å². The molecule has 2 heterocycles. The minimum Gasteiger partial charge on any atom is -0.452 e. The van der Waals surface area contributed by atoms with Crippen LogP contribution in [0.5, 0.6) is 0 Å². The molecule has 2 aliphatic rings. The molecule has 2 aliphatic heterocycles. The van der Waals surface area contributed by atoms with Crippen molar-refractivity contribution in [2.24, 2.45) is 0 Å². The van der Waals surface area contributed by atoms with Crippen LogP contribution in [-0.4, -0.2) is 83.7 Å². The summed E-state index contributed by atoms with van der Waals surface area (Å²) in [7, 11) is -2.42. The number of ether oxygens (including phenoxy) is 2. The Morgan fingerprint density at radius 1 is 1.06 bits per heavy atom. The summed E-state index contributed by atoms with van der Waals surface area (Å²) in [5, 5.41) is 4.22. The largest absolute Gasteiger partial charge is 0.452 e. The van der Waals surface area contributed by atoms with Crippen molar-refractivity contribution in [3.05, 3.63) is 23.8 Å². The molecular formula is C20H28N4O7S. The first-order chi connectivity index (χ1) is 15.3. The first kappa shape index (κ1) is 24.0. The lowest BCUT2D eigenvalue weighted by atomic mass is 10.1. The molecule has 0 radical (unpaired) electrons. The number of morpholine rings is 1. The maximum Gasteiger partial charge on any atom is 0.340 e. The van der Waals surface area contributed by atoms with Gasteiger partial charge >= 0.3 is 12.0 Å². The predicted molar refractivity (Wildman–Crippen MR) is 115 cm³/mol. The van der Waals surface area contributed by atoms with Crippen molar-refractivity contribution in [3.63, 3.8) is 0 Å². The number of nitrogens with one attached hydrogen (secondary N) is 2. The summed E-state index contributed by atoms with van der Waals surface area (Å²) in [6, 6.07) is 3.65. The molecule has 0 aliphatic carbocycles. The molecule has 11 nitrogen and oxygen atoms in total. The number of hydrogen-bond donors (Lipinski definition) is 2. The molecule has 0 spiro atoms. The van der Waals surface area contributed by atoms with E-state index in [9.17, 15) is 22.8 Å². The molecule has 0 aromatic heterocycles. The Kier molecular flexibility index (Phi) is 8.04. The molecule has 2 fully saturated rings. The maximum absolute atomic E-state index is 13.1. The monoisotopic (exact) mass is 468 g/mol. The maximum atomic E-state index is 13.1. The van der Waals surface area contributed by atoms with Crippen molar-refractivity contribution in [1.29, 1.82) is 0 Å². The van der Waals surface area contributed by atoms with Gasteiger partial charge in [0.2, 0.25) is 10.0 Å². The van der Waals surface area contributed by atoms with Crippen molar-refractivity contribution in [2.75, 3.05) is 57.9 Å². The Morgan fingerprint density at radius 2 is 1.75 bits per heavy atom. The van der Waals surface area contributed by atoms with E-state index >= 15 is 0 Å². The second-order valence-corrected chi connectivity index (χ2v) is 9.38. The van der Waals surface area contributed by atoms with Crippen molar-refractivity contribution < 1.29 is 32.3 Å². The Morgan fingerprint density at radius 3 is 2.41 bits per heavy atom. The van der Waals surface area contributed by atoms with Crippen LogP contribution in [0.1, 0.15) is 29.6 Å². The molecule has 0 unspecified atom stereocenters. The third-order valence-corrected chi connectivity index (χ3v) is 7.20. The predicted octanol–water partition coefficient (Wildman–Crippen LogP) is 0.310. The number of nitrogens with zero attached hydrogens (tertiary/aromatic N) is 2. The molecule has 1 aromatic rings. The van der Waals surface area contributed by atoms with Crippen LogP contribution >= 0.6 is 0 Å². The fraction of sp³-hybridized carbons (Fsp3) is 0.550. The Bertz CT molecular complexity index is 955. The average Bonchev–Trinajstić information content (AvgIpc) is 2.83. The lowest BCUT2D eigenvalue weighted by Gasteiger charge is -2.31. The number of piperidine rings is 1. The van der Waals surface area contributed by atoms with Crippen LogP contribution in [0.2, 0.25) is 0 Å². The first-order valence-electron chi connectivity index (χ1n) is 10.5. The molecule has 3 amide bonds. The summed E-state index contributed by atoms with van der Waals surface area (Å²) >= 11 is 0. The third-order valence-electron chi connectivity index (χ3n) is 5.31. The number of hydrogen-bond acceptors (Lipinski definition) is 8. The summed E-state index contributed by atoms with van der Waals surface area (Å²) in [5.41, 5.74) is 0.542. The molecule has 0 bridgehead atoms. The van der Waals surface area contributed by atoms with E-state index in [1.54, 1.807) is 6.07 Å². The lowest BCUT2D eigenvalue weighted by Crippen LogP contribution is -2.40. The van der Waals surface area contributed by atoms with E-state index in [0.29, 0.717) is 45.1 Å². The van der Waals surface area contributed by atoms with Gasteiger partial charge in [-0.1, -0.05) is 6.42 Å². The molecule has 12 heteroatoms. The standard InChI is InChI=1S/C20H28N4O7S/c1-21-20(27)22-18(25)14-31-19(26)16-13-15(32(28,29)24-7-3-2-4-8-24)5-6-17(16)23-9-11-30-12-10-23/h5-6,13H,2-4,7-12,14H2,1H3,(H2,21,22,25,27). The number of urea groups is 1. The Labute approximate surface area is 187 Å². The van der Waals surface area contributed by atoms with Gasteiger partial charge in [-0.15, -0.1) is 0 Å². The lowest BCUT2D eigenvalue weighted by molar-refractivity contribution is -0.123. The van der Waals surface area contributed by atoms with Gasteiger partial charge in [-0.25, -0.2) is 18.0 Å². The highest BCUT2D eigenvalue weighted by molar-refractivity contribution is 7.89. The summed E-state index contributed by atoms with van der Waals surface area (Å²) in [6.45, 7) is 2.18. The van der Waals surface area contributed by atoms with E-state index in [2.05, 4.69) is 5.32 Å². The number of imide groups is 1. The number of carbonyl (C=O) groups is 3. The molecule has 176 valence electrons. The number of carbonyl (C=O) groups excluding carboxylic acids is 3. The minimum absolute atomic E-state index is 0.00169. The van der Waals surface area contributed by atoms with Crippen LogP contribution in [0.15, 0.2) is 23.1 Å². The molecule has 1 aromatic carbocycles. The van der Waals surface area contributed by atoms with Gasteiger partial charge in [0.05, 0.1) is 29.4 Å². The van der Waals surface area contributed by atoms with E-state index in [-0.39, 0.29) is 10.5 Å². The topological polar surface area (TPSA) is 134 Å².